The molecule has 9 heteroatoms. The van der Waals surface area contributed by atoms with E-state index in [2.05, 4.69) is 11.9 Å². The highest BCUT2D eigenvalue weighted by atomic mass is 35.5. The quantitative estimate of drug-likeness (QED) is 0.367. The summed E-state index contributed by atoms with van der Waals surface area (Å²) in [4.78, 5) is 25.4. The molecule has 2 unspecified atom stereocenters. The Morgan fingerprint density at radius 1 is 1.23 bits per heavy atom. The fraction of sp³-hybridized carbons (Fsp3) is 0.143. The van der Waals surface area contributed by atoms with Crippen LogP contribution in [0.5, 0.6) is 0 Å². The largest absolute Gasteiger partial charge is 0.391 e. The number of hydrogen-bond donors (Lipinski definition) is 3. The number of imide groups is 1. The summed E-state index contributed by atoms with van der Waals surface area (Å²) >= 11 is 6.18. The minimum atomic E-state index is -1.29. The first-order chi connectivity index (χ1) is 14.2. The predicted molar refractivity (Wildman–Crippen MR) is 112 cm³/mol. The third-order valence-corrected chi connectivity index (χ3v) is 4.69. The molecule has 0 aromatic heterocycles. The Labute approximate surface area is 178 Å². The average Bonchev–Trinajstić information content (AvgIpc) is 2.75. The number of aliphatic hydroxyl groups is 1. The molecule has 30 heavy (non-hydrogen) atoms. The SMILES string of the molecule is C=Cc1c(NC(C(=O)N(N)C(=O)c2ccc(C#N)cc2)C(C)O)ccc(C#N)c1Cl. The third kappa shape index (κ3) is 4.65. The summed E-state index contributed by atoms with van der Waals surface area (Å²) in [6, 6.07) is 11.1. The highest BCUT2D eigenvalue weighted by Gasteiger charge is 2.31. The minimum absolute atomic E-state index is 0.0994. The van der Waals surface area contributed by atoms with Gasteiger partial charge in [0.15, 0.2) is 0 Å². The molecule has 2 amide bonds. The number of benzene rings is 2. The molecule has 0 aliphatic heterocycles. The standard InChI is InChI=1S/C21H18ClN5O3/c1-3-16-17(9-8-15(11-24)18(16)22)26-19(12(2)28)21(30)27(25)20(29)14-6-4-13(10-23)5-7-14/h3-9,12,19,26,28H,1,25H2,2H3. The molecule has 0 radical (unpaired) electrons. The smallest absolute Gasteiger partial charge is 0.274 e. The van der Waals surface area contributed by atoms with E-state index in [1.165, 1.54) is 49.4 Å². The number of amides is 2. The highest BCUT2D eigenvalue weighted by Crippen LogP contribution is 2.30. The molecular weight excluding hydrogens is 406 g/mol. The van der Waals surface area contributed by atoms with Crippen LogP contribution in [0.4, 0.5) is 5.69 Å². The monoisotopic (exact) mass is 423 g/mol. The van der Waals surface area contributed by atoms with E-state index in [9.17, 15) is 14.7 Å². The zero-order valence-electron chi connectivity index (χ0n) is 16.0. The van der Waals surface area contributed by atoms with Gasteiger partial charge in [0, 0.05) is 16.8 Å². The molecule has 0 heterocycles. The maximum atomic E-state index is 12.8. The topological polar surface area (TPSA) is 143 Å². The average molecular weight is 424 g/mol. The van der Waals surface area contributed by atoms with E-state index in [0.717, 1.165) is 0 Å². The van der Waals surface area contributed by atoms with Crippen molar-refractivity contribution in [1.82, 2.24) is 5.01 Å². The molecule has 0 aliphatic rings. The molecule has 2 atom stereocenters. The summed E-state index contributed by atoms with van der Waals surface area (Å²) < 4.78 is 0. The molecule has 2 aromatic carbocycles. The first-order valence-corrected chi connectivity index (χ1v) is 9.05. The number of nitriles is 2. The van der Waals surface area contributed by atoms with E-state index >= 15 is 0 Å². The Hall–Kier alpha value is -3.69. The molecule has 8 nitrogen and oxygen atoms in total. The summed E-state index contributed by atoms with van der Waals surface area (Å²) in [5, 5.41) is 31.4. The van der Waals surface area contributed by atoms with Gasteiger partial charge in [0.1, 0.15) is 12.1 Å². The van der Waals surface area contributed by atoms with Crippen molar-refractivity contribution in [3.05, 3.63) is 70.3 Å². The van der Waals surface area contributed by atoms with Gasteiger partial charge < -0.3 is 10.4 Å². The van der Waals surface area contributed by atoms with E-state index in [1.54, 1.807) is 0 Å². The lowest BCUT2D eigenvalue weighted by atomic mass is 10.1. The fourth-order valence-electron chi connectivity index (χ4n) is 2.64. The van der Waals surface area contributed by atoms with Gasteiger partial charge in [0.2, 0.25) is 0 Å². The zero-order chi connectivity index (χ0) is 22.4. The van der Waals surface area contributed by atoms with Crippen LogP contribution in [0, 0.1) is 22.7 Å². The van der Waals surface area contributed by atoms with E-state index in [4.69, 9.17) is 28.0 Å². The molecule has 152 valence electrons. The number of nitrogens with one attached hydrogen (secondary N) is 1. The second-order valence-corrected chi connectivity index (χ2v) is 6.65. The zero-order valence-corrected chi connectivity index (χ0v) is 16.7. The predicted octanol–water partition coefficient (Wildman–Crippen LogP) is 2.43. The molecule has 0 aliphatic carbocycles. The van der Waals surface area contributed by atoms with Crippen LogP contribution in [0.1, 0.15) is 34.0 Å². The van der Waals surface area contributed by atoms with Gasteiger partial charge in [-0.2, -0.15) is 10.5 Å². The highest BCUT2D eigenvalue weighted by molar-refractivity contribution is 6.33. The first kappa shape index (κ1) is 22.6. The first-order valence-electron chi connectivity index (χ1n) is 8.68. The van der Waals surface area contributed by atoms with Gasteiger partial charge in [-0.25, -0.2) is 10.9 Å². The number of carbonyl (C=O) groups is 2. The number of nitrogens with zero attached hydrogens (tertiary/aromatic N) is 3. The van der Waals surface area contributed by atoms with Crippen LogP contribution in [0.3, 0.4) is 0 Å². The second kappa shape index (κ2) is 9.68. The third-order valence-electron chi connectivity index (χ3n) is 4.28. The number of anilines is 1. The van der Waals surface area contributed by atoms with Crippen LogP contribution in [-0.4, -0.2) is 34.1 Å². The molecule has 2 rings (SSSR count). The molecule has 0 bridgehead atoms. The summed E-state index contributed by atoms with van der Waals surface area (Å²) in [5.41, 5.74) is 1.35. The van der Waals surface area contributed by atoms with Crippen LogP contribution < -0.4 is 11.2 Å². The molecule has 0 saturated heterocycles. The number of aliphatic hydroxyl groups excluding tert-OH is 1. The van der Waals surface area contributed by atoms with Crippen molar-refractivity contribution in [2.45, 2.75) is 19.1 Å². The van der Waals surface area contributed by atoms with E-state index in [1.807, 2.05) is 12.1 Å². The molecule has 0 saturated carbocycles. The van der Waals surface area contributed by atoms with Crippen molar-refractivity contribution in [3.63, 3.8) is 0 Å². The normalized spacial score (nSPS) is 12.1. The summed E-state index contributed by atoms with van der Waals surface area (Å²) in [7, 11) is 0. The van der Waals surface area contributed by atoms with Crippen LogP contribution in [0.2, 0.25) is 5.02 Å². The van der Waals surface area contributed by atoms with Crippen LogP contribution in [0.15, 0.2) is 43.0 Å². The number of hydrogen-bond acceptors (Lipinski definition) is 7. The summed E-state index contributed by atoms with van der Waals surface area (Å²) in [6.07, 6.45) is 0.168. The summed E-state index contributed by atoms with van der Waals surface area (Å²) in [5.74, 6) is 4.03. The van der Waals surface area contributed by atoms with Gasteiger partial charge in [0.05, 0.1) is 28.3 Å². The molecule has 4 N–H and O–H groups in total. The van der Waals surface area contributed by atoms with Crippen molar-refractivity contribution in [3.8, 4) is 12.1 Å². The van der Waals surface area contributed by atoms with Gasteiger partial charge in [-0.3, -0.25) is 9.59 Å². The number of halogens is 1. The van der Waals surface area contributed by atoms with Crippen molar-refractivity contribution < 1.29 is 14.7 Å². The maximum absolute atomic E-state index is 12.8. The summed E-state index contributed by atoms with van der Waals surface area (Å²) in [6.45, 7) is 5.00. The van der Waals surface area contributed by atoms with E-state index in [-0.39, 0.29) is 16.1 Å². The molecule has 2 aromatic rings. The number of nitrogens with two attached hydrogens (primary N) is 1. The Morgan fingerprint density at radius 2 is 1.87 bits per heavy atom. The van der Waals surface area contributed by atoms with Crippen LogP contribution in [0.25, 0.3) is 6.08 Å². The maximum Gasteiger partial charge on any atom is 0.274 e. The van der Waals surface area contributed by atoms with Gasteiger partial charge in [-0.1, -0.05) is 24.3 Å². The number of carbonyl (C=O) groups excluding carboxylic acids is 2. The Morgan fingerprint density at radius 3 is 2.37 bits per heavy atom. The Bertz CT molecular complexity index is 1070. The number of hydrazine groups is 1. The van der Waals surface area contributed by atoms with Crippen molar-refractivity contribution in [2.75, 3.05) is 5.32 Å². The van der Waals surface area contributed by atoms with Gasteiger partial charge in [-0.15, -0.1) is 0 Å². The van der Waals surface area contributed by atoms with Crippen LogP contribution in [-0.2, 0) is 4.79 Å². The second-order valence-electron chi connectivity index (χ2n) is 6.27. The van der Waals surface area contributed by atoms with Crippen molar-refractivity contribution in [1.29, 1.82) is 10.5 Å². The number of rotatable bonds is 6. The van der Waals surface area contributed by atoms with Gasteiger partial charge in [-0.05, 0) is 43.3 Å². The lowest BCUT2D eigenvalue weighted by Crippen LogP contribution is -2.53. The van der Waals surface area contributed by atoms with E-state index in [0.29, 0.717) is 21.8 Å². The molecule has 0 spiro atoms. The Kier molecular flexibility index (Phi) is 7.29. The van der Waals surface area contributed by atoms with Crippen molar-refractivity contribution >= 4 is 35.2 Å². The molecular formula is C21H18ClN5O3. The lowest BCUT2D eigenvalue weighted by molar-refractivity contribution is -0.131. The molecule has 0 fully saturated rings. The fourth-order valence-corrected chi connectivity index (χ4v) is 2.92. The lowest BCUT2D eigenvalue weighted by Gasteiger charge is -2.26. The Balaban J connectivity index is 2.32. The van der Waals surface area contributed by atoms with Crippen LogP contribution >= 0.6 is 11.6 Å². The van der Waals surface area contributed by atoms with E-state index < -0.39 is 24.0 Å². The van der Waals surface area contributed by atoms with Crippen molar-refractivity contribution in [2.24, 2.45) is 5.84 Å². The van der Waals surface area contributed by atoms with Gasteiger partial charge in [0.25, 0.3) is 11.8 Å². The van der Waals surface area contributed by atoms with Gasteiger partial charge >= 0.3 is 0 Å². The minimum Gasteiger partial charge on any atom is -0.391 e.